The highest BCUT2D eigenvalue weighted by atomic mass is 16.4. The second-order valence-electron chi connectivity index (χ2n) is 2.89. The Kier molecular flexibility index (Phi) is 4.60. The lowest BCUT2D eigenvalue weighted by Crippen LogP contribution is -2.33. The van der Waals surface area contributed by atoms with Crippen molar-refractivity contribution in [2.45, 2.75) is 13.3 Å². The first-order valence-electron chi connectivity index (χ1n) is 3.89. The summed E-state index contributed by atoms with van der Waals surface area (Å²) in [5.74, 6) is 0.506. The zero-order valence-electron chi connectivity index (χ0n) is 7.78. The molecule has 72 valence electrons. The summed E-state index contributed by atoms with van der Waals surface area (Å²) in [5.41, 5.74) is 0. The van der Waals surface area contributed by atoms with Crippen LogP contribution in [-0.2, 0) is 9.59 Å². The number of hydrogen-bond acceptors (Lipinski definition) is 2. The van der Waals surface area contributed by atoms with Crippen LogP contribution < -0.4 is 0 Å². The van der Waals surface area contributed by atoms with Crippen LogP contribution in [0.5, 0.6) is 0 Å². The predicted molar refractivity (Wildman–Crippen MR) is 47.9 cm³/mol. The van der Waals surface area contributed by atoms with Crippen molar-refractivity contribution in [1.29, 1.82) is 0 Å². The summed E-state index contributed by atoms with van der Waals surface area (Å²) < 4.78 is 0. The van der Waals surface area contributed by atoms with Gasteiger partial charge < -0.3 is 10.0 Å². The van der Waals surface area contributed by atoms with Gasteiger partial charge in [0.15, 0.2) is 0 Å². The molecular formula is C9H13NO3. The van der Waals surface area contributed by atoms with Crippen LogP contribution in [0.15, 0.2) is 0 Å². The second-order valence-corrected chi connectivity index (χ2v) is 2.89. The summed E-state index contributed by atoms with van der Waals surface area (Å²) in [4.78, 5) is 22.9. The molecule has 4 heteroatoms. The Labute approximate surface area is 77.5 Å². The highest BCUT2D eigenvalue weighted by Crippen LogP contribution is 1.99. The van der Waals surface area contributed by atoms with Gasteiger partial charge in [-0.05, 0) is 0 Å². The van der Waals surface area contributed by atoms with Crippen molar-refractivity contribution in [3.8, 4) is 12.3 Å². The number of nitrogens with zero attached hydrogens (tertiary/aromatic N) is 1. The van der Waals surface area contributed by atoms with E-state index in [1.807, 2.05) is 0 Å². The van der Waals surface area contributed by atoms with Crippen molar-refractivity contribution in [3.63, 3.8) is 0 Å². The van der Waals surface area contributed by atoms with Crippen molar-refractivity contribution in [1.82, 2.24) is 4.90 Å². The van der Waals surface area contributed by atoms with Crippen molar-refractivity contribution in [2.24, 2.45) is 5.92 Å². The molecule has 1 unspecified atom stereocenters. The van der Waals surface area contributed by atoms with Gasteiger partial charge in [-0.25, -0.2) is 0 Å². The van der Waals surface area contributed by atoms with Gasteiger partial charge in [0.1, 0.15) is 0 Å². The Morgan fingerprint density at radius 2 is 2.15 bits per heavy atom. The molecule has 4 nitrogen and oxygen atoms in total. The van der Waals surface area contributed by atoms with Gasteiger partial charge in [0.25, 0.3) is 0 Å². The van der Waals surface area contributed by atoms with Crippen molar-refractivity contribution >= 4 is 11.9 Å². The van der Waals surface area contributed by atoms with Crippen molar-refractivity contribution in [3.05, 3.63) is 0 Å². The summed E-state index contributed by atoms with van der Waals surface area (Å²) in [6, 6.07) is 0. The maximum atomic E-state index is 11.1. The normalized spacial score (nSPS) is 11.5. The van der Waals surface area contributed by atoms with Crippen LogP contribution >= 0.6 is 0 Å². The van der Waals surface area contributed by atoms with Gasteiger partial charge in [-0.1, -0.05) is 12.8 Å². The zero-order valence-corrected chi connectivity index (χ0v) is 7.78. The Morgan fingerprint density at radius 3 is 2.54 bits per heavy atom. The summed E-state index contributed by atoms with van der Waals surface area (Å²) in [6.07, 6.45) is 4.96. The van der Waals surface area contributed by atoms with Gasteiger partial charge in [0.2, 0.25) is 5.91 Å². The van der Waals surface area contributed by atoms with Gasteiger partial charge >= 0.3 is 5.97 Å². The van der Waals surface area contributed by atoms with E-state index in [1.165, 1.54) is 4.90 Å². The lowest BCUT2D eigenvalue weighted by molar-refractivity contribution is -0.142. The first-order valence-corrected chi connectivity index (χ1v) is 3.89. The fraction of sp³-hybridized carbons (Fsp3) is 0.556. The van der Waals surface area contributed by atoms with Crippen LogP contribution in [0.25, 0.3) is 0 Å². The molecule has 0 fully saturated rings. The van der Waals surface area contributed by atoms with E-state index in [4.69, 9.17) is 11.5 Å². The molecular weight excluding hydrogens is 170 g/mol. The standard InChI is InChI=1S/C9H13NO3/c1-4-5-8(11)10(3)6-7(2)9(12)13/h1,7H,5-6H2,2-3H3,(H,12,13). The average molecular weight is 183 g/mol. The zero-order chi connectivity index (χ0) is 10.4. The molecule has 0 heterocycles. The van der Waals surface area contributed by atoms with Gasteiger partial charge in [-0.15, -0.1) is 6.42 Å². The Balaban J connectivity index is 4.01. The number of carbonyl (C=O) groups is 2. The number of aliphatic carboxylic acids is 1. The molecule has 0 rings (SSSR count). The lowest BCUT2D eigenvalue weighted by atomic mass is 10.2. The Morgan fingerprint density at radius 1 is 1.62 bits per heavy atom. The fourth-order valence-electron chi connectivity index (χ4n) is 0.813. The molecule has 0 aromatic carbocycles. The molecule has 0 radical (unpaired) electrons. The van der Waals surface area contributed by atoms with E-state index in [1.54, 1.807) is 14.0 Å². The topological polar surface area (TPSA) is 57.6 Å². The smallest absolute Gasteiger partial charge is 0.308 e. The van der Waals surface area contributed by atoms with Crippen LogP contribution in [0.2, 0.25) is 0 Å². The molecule has 0 aliphatic carbocycles. The number of terminal acetylenes is 1. The molecule has 0 aliphatic rings. The lowest BCUT2D eigenvalue weighted by Gasteiger charge is -2.18. The van der Waals surface area contributed by atoms with E-state index in [-0.39, 0.29) is 18.9 Å². The summed E-state index contributed by atoms with van der Waals surface area (Å²) >= 11 is 0. The highest BCUT2D eigenvalue weighted by molar-refractivity contribution is 5.79. The summed E-state index contributed by atoms with van der Waals surface area (Å²) in [7, 11) is 1.54. The number of carboxylic acid groups (broad SMARTS) is 1. The van der Waals surface area contributed by atoms with Gasteiger partial charge in [-0.2, -0.15) is 0 Å². The minimum absolute atomic E-state index is 0.0167. The molecule has 0 aromatic heterocycles. The molecule has 0 bridgehead atoms. The fourth-order valence-corrected chi connectivity index (χ4v) is 0.813. The van der Waals surface area contributed by atoms with E-state index >= 15 is 0 Å². The molecule has 13 heavy (non-hydrogen) atoms. The van der Waals surface area contributed by atoms with Crippen LogP contribution in [-0.4, -0.2) is 35.5 Å². The maximum Gasteiger partial charge on any atom is 0.308 e. The highest BCUT2D eigenvalue weighted by Gasteiger charge is 2.16. The molecule has 0 spiro atoms. The van der Waals surface area contributed by atoms with Gasteiger partial charge in [-0.3, -0.25) is 9.59 Å². The quantitative estimate of drug-likeness (QED) is 0.633. The first-order chi connectivity index (χ1) is 5.99. The Hall–Kier alpha value is -1.50. The number of carboxylic acids is 1. The predicted octanol–water partition coefficient (Wildman–Crippen LogP) is 0.189. The van der Waals surface area contributed by atoms with E-state index < -0.39 is 11.9 Å². The Bertz CT molecular complexity index is 242. The number of carbonyl (C=O) groups excluding carboxylic acids is 1. The molecule has 1 N–H and O–H groups in total. The summed E-state index contributed by atoms with van der Waals surface area (Å²) in [5, 5.41) is 8.56. The first kappa shape index (κ1) is 11.5. The van der Waals surface area contributed by atoms with Crippen LogP contribution in [0.3, 0.4) is 0 Å². The number of hydrogen-bond donors (Lipinski definition) is 1. The average Bonchev–Trinajstić information content (AvgIpc) is 2.04. The monoisotopic (exact) mass is 183 g/mol. The molecule has 0 aliphatic heterocycles. The van der Waals surface area contributed by atoms with E-state index in [0.29, 0.717) is 0 Å². The molecule has 0 saturated heterocycles. The number of rotatable bonds is 4. The van der Waals surface area contributed by atoms with Crippen LogP contribution in [0.1, 0.15) is 13.3 Å². The SMILES string of the molecule is C#CCC(=O)N(C)CC(C)C(=O)O. The largest absolute Gasteiger partial charge is 0.481 e. The van der Waals surface area contributed by atoms with Crippen LogP contribution in [0, 0.1) is 18.3 Å². The third-order valence-corrected chi connectivity index (χ3v) is 1.65. The molecule has 1 amide bonds. The van der Waals surface area contributed by atoms with Crippen LogP contribution in [0.4, 0.5) is 0 Å². The van der Waals surface area contributed by atoms with Gasteiger partial charge in [0, 0.05) is 13.6 Å². The van der Waals surface area contributed by atoms with E-state index in [2.05, 4.69) is 5.92 Å². The minimum Gasteiger partial charge on any atom is -0.481 e. The summed E-state index contributed by atoms with van der Waals surface area (Å²) in [6.45, 7) is 1.73. The van der Waals surface area contributed by atoms with E-state index in [0.717, 1.165) is 0 Å². The molecule has 1 atom stereocenters. The third kappa shape index (κ3) is 4.16. The molecule has 0 aromatic rings. The maximum absolute atomic E-state index is 11.1. The second kappa shape index (κ2) is 5.20. The number of amides is 1. The van der Waals surface area contributed by atoms with E-state index in [9.17, 15) is 9.59 Å². The minimum atomic E-state index is -0.916. The molecule has 0 saturated carbocycles. The van der Waals surface area contributed by atoms with Crippen molar-refractivity contribution < 1.29 is 14.7 Å². The van der Waals surface area contributed by atoms with Gasteiger partial charge in [0.05, 0.1) is 12.3 Å². The van der Waals surface area contributed by atoms with Crippen molar-refractivity contribution in [2.75, 3.05) is 13.6 Å². The third-order valence-electron chi connectivity index (χ3n) is 1.65.